The summed E-state index contributed by atoms with van der Waals surface area (Å²) in [7, 11) is 0. The molecule has 0 unspecified atom stereocenters. The van der Waals surface area contributed by atoms with E-state index in [0.717, 1.165) is 55.1 Å². The lowest BCUT2D eigenvalue weighted by Crippen LogP contribution is -2.00. The van der Waals surface area contributed by atoms with Gasteiger partial charge in [-0.25, -0.2) is 15.0 Å². The molecule has 0 aliphatic heterocycles. The van der Waals surface area contributed by atoms with Crippen LogP contribution in [0.2, 0.25) is 0 Å². The average molecular weight is 602 g/mol. The third-order valence-corrected chi connectivity index (χ3v) is 8.73. The highest BCUT2D eigenvalue weighted by atomic mass is 16.3. The van der Waals surface area contributed by atoms with Crippen LogP contribution in [-0.4, -0.2) is 15.0 Å². The predicted octanol–water partition coefficient (Wildman–Crippen LogP) is 11.3. The van der Waals surface area contributed by atoms with Crippen LogP contribution in [0.1, 0.15) is 0 Å². The monoisotopic (exact) mass is 601 g/mol. The fraction of sp³-hybridized carbons (Fsp3) is 0. The van der Waals surface area contributed by atoms with Gasteiger partial charge >= 0.3 is 0 Å². The summed E-state index contributed by atoms with van der Waals surface area (Å²) >= 11 is 0. The Morgan fingerprint density at radius 3 is 1.26 bits per heavy atom. The molecule has 4 nitrogen and oxygen atoms in total. The molecule has 0 radical (unpaired) electrons. The highest BCUT2D eigenvalue weighted by Crippen LogP contribution is 2.35. The first kappa shape index (κ1) is 27.0. The maximum atomic E-state index is 6.28. The Balaban J connectivity index is 1.18. The molecule has 9 aromatic rings. The van der Waals surface area contributed by atoms with E-state index >= 15 is 0 Å². The van der Waals surface area contributed by atoms with Gasteiger partial charge in [0.05, 0.1) is 0 Å². The van der Waals surface area contributed by atoms with Gasteiger partial charge in [-0.3, -0.25) is 0 Å². The van der Waals surface area contributed by atoms with Crippen LogP contribution in [0.25, 0.3) is 89.1 Å². The van der Waals surface area contributed by atoms with Gasteiger partial charge in [0, 0.05) is 27.5 Å². The predicted molar refractivity (Wildman–Crippen MR) is 192 cm³/mol. The Bertz CT molecular complexity index is 2440. The lowest BCUT2D eigenvalue weighted by molar-refractivity contribution is 0.669. The third-order valence-electron chi connectivity index (χ3n) is 8.73. The molecule has 4 heteroatoms. The van der Waals surface area contributed by atoms with Crippen molar-refractivity contribution in [1.29, 1.82) is 0 Å². The Hall–Kier alpha value is -6.39. The smallest absolute Gasteiger partial charge is 0.164 e. The van der Waals surface area contributed by atoms with Crippen LogP contribution in [0, 0.1) is 0 Å². The topological polar surface area (TPSA) is 51.8 Å². The lowest BCUT2D eigenvalue weighted by Gasteiger charge is -2.10. The highest BCUT2D eigenvalue weighted by molar-refractivity contribution is 6.10. The second-order valence-corrected chi connectivity index (χ2v) is 11.7. The van der Waals surface area contributed by atoms with Gasteiger partial charge in [-0.1, -0.05) is 133 Å². The van der Waals surface area contributed by atoms with E-state index in [1.54, 1.807) is 0 Å². The minimum atomic E-state index is 0.612. The first-order chi connectivity index (χ1) is 23.2. The lowest BCUT2D eigenvalue weighted by atomic mass is 10.0. The molecule has 220 valence electrons. The number of hydrogen-bond donors (Lipinski definition) is 0. The van der Waals surface area contributed by atoms with E-state index in [0.29, 0.717) is 17.5 Å². The van der Waals surface area contributed by atoms with Crippen molar-refractivity contribution < 1.29 is 4.42 Å². The van der Waals surface area contributed by atoms with E-state index in [9.17, 15) is 0 Å². The Kier molecular flexibility index (Phi) is 6.43. The summed E-state index contributed by atoms with van der Waals surface area (Å²) in [4.78, 5) is 15.1. The first-order valence-electron chi connectivity index (χ1n) is 15.7. The van der Waals surface area contributed by atoms with Crippen molar-refractivity contribution in [3.63, 3.8) is 0 Å². The number of fused-ring (bicyclic) bond motifs is 4. The molecule has 7 aromatic carbocycles. The van der Waals surface area contributed by atoms with Crippen LogP contribution >= 0.6 is 0 Å². The number of rotatable bonds is 5. The Morgan fingerprint density at radius 2 is 0.702 bits per heavy atom. The minimum absolute atomic E-state index is 0.612. The molecule has 0 saturated carbocycles. The normalized spacial score (nSPS) is 11.4. The third kappa shape index (κ3) is 5.02. The number of benzene rings is 7. The molecule has 0 spiro atoms. The fourth-order valence-corrected chi connectivity index (χ4v) is 6.25. The van der Waals surface area contributed by atoms with E-state index in [-0.39, 0.29) is 0 Å². The SMILES string of the molecule is c1ccc(-c2ccc(-c3nc(-c4ccc(-c5ccccc5)cc4)nc(-c4ccc5oc6cc7ccccc7cc6c5c4)n3)cc2)cc1. The number of aromatic nitrogens is 3. The molecule has 0 N–H and O–H groups in total. The summed E-state index contributed by atoms with van der Waals surface area (Å²) in [6, 6.07) is 56.4. The molecular weight excluding hydrogens is 574 g/mol. The molecule has 0 amide bonds. The van der Waals surface area contributed by atoms with Crippen LogP contribution in [-0.2, 0) is 0 Å². The maximum absolute atomic E-state index is 6.28. The fourth-order valence-electron chi connectivity index (χ4n) is 6.25. The Labute approximate surface area is 271 Å². The quantitative estimate of drug-likeness (QED) is 0.197. The van der Waals surface area contributed by atoms with Gasteiger partial charge in [-0.05, 0) is 63.4 Å². The van der Waals surface area contributed by atoms with Gasteiger partial charge < -0.3 is 4.42 Å². The van der Waals surface area contributed by atoms with Crippen molar-refractivity contribution in [3.05, 3.63) is 164 Å². The zero-order valence-corrected chi connectivity index (χ0v) is 25.3. The summed E-state index contributed by atoms with van der Waals surface area (Å²) in [6.07, 6.45) is 0. The van der Waals surface area contributed by atoms with Gasteiger partial charge in [-0.2, -0.15) is 0 Å². The summed E-state index contributed by atoms with van der Waals surface area (Å²) in [5.74, 6) is 1.86. The van der Waals surface area contributed by atoms with Crippen LogP contribution in [0.5, 0.6) is 0 Å². The van der Waals surface area contributed by atoms with Crippen LogP contribution < -0.4 is 0 Å². The first-order valence-corrected chi connectivity index (χ1v) is 15.7. The van der Waals surface area contributed by atoms with Crippen LogP contribution in [0.15, 0.2) is 168 Å². The molecule has 0 aliphatic carbocycles. The number of nitrogens with zero attached hydrogens (tertiary/aromatic N) is 3. The molecule has 2 aromatic heterocycles. The van der Waals surface area contributed by atoms with Gasteiger partial charge in [0.1, 0.15) is 11.2 Å². The van der Waals surface area contributed by atoms with Gasteiger partial charge in [-0.15, -0.1) is 0 Å². The molecular formula is C43H27N3O. The van der Waals surface area contributed by atoms with Crippen LogP contribution in [0.3, 0.4) is 0 Å². The molecule has 0 bridgehead atoms. The zero-order valence-electron chi connectivity index (χ0n) is 25.3. The van der Waals surface area contributed by atoms with E-state index in [2.05, 4.69) is 140 Å². The summed E-state index contributed by atoms with van der Waals surface area (Å²) in [5, 5.41) is 4.44. The Morgan fingerprint density at radius 1 is 0.298 bits per heavy atom. The minimum Gasteiger partial charge on any atom is -0.456 e. The van der Waals surface area contributed by atoms with Crippen molar-refractivity contribution in [2.24, 2.45) is 0 Å². The molecule has 9 rings (SSSR count). The maximum Gasteiger partial charge on any atom is 0.164 e. The van der Waals surface area contributed by atoms with Gasteiger partial charge in [0.15, 0.2) is 17.5 Å². The van der Waals surface area contributed by atoms with Crippen molar-refractivity contribution in [1.82, 2.24) is 15.0 Å². The number of hydrogen-bond acceptors (Lipinski definition) is 4. The second-order valence-electron chi connectivity index (χ2n) is 11.7. The van der Waals surface area contributed by atoms with E-state index in [4.69, 9.17) is 19.4 Å². The zero-order chi connectivity index (χ0) is 31.2. The van der Waals surface area contributed by atoms with Crippen molar-refractivity contribution >= 4 is 32.7 Å². The standard InChI is InChI=1S/C43H27N3O/c1-3-9-28(10-4-1)30-15-19-32(20-16-30)41-44-42(33-21-17-31(18-22-33)29-11-5-2-6-12-29)46-43(45-41)36-23-24-39-37(26-36)38-25-34-13-7-8-14-35(34)27-40(38)47-39/h1-27H. The van der Waals surface area contributed by atoms with Crippen molar-refractivity contribution in [2.45, 2.75) is 0 Å². The second kappa shape index (κ2) is 11.2. The highest BCUT2D eigenvalue weighted by Gasteiger charge is 2.15. The molecule has 2 heterocycles. The molecule has 0 fully saturated rings. The summed E-state index contributed by atoms with van der Waals surface area (Å²) in [6.45, 7) is 0. The molecule has 0 saturated heterocycles. The van der Waals surface area contributed by atoms with Crippen molar-refractivity contribution in [2.75, 3.05) is 0 Å². The average Bonchev–Trinajstić information content (AvgIpc) is 3.51. The van der Waals surface area contributed by atoms with E-state index < -0.39 is 0 Å². The summed E-state index contributed by atoms with van der Waals surface area (Å²) < 4.78 is 6.28. The molecule has 0 atom stereocenters. The summed E-state index contributed by atoms with van der Waals surface area (Å²) in [5.41, 5.74) is 9.08. The largest absolute Gasteiger partial charge is 0.456 e. The van der Waals surface area contributed by atoms with Crippen LogP contribution in [0.4, 0.5) is 0 Å². The number of furan rings is 1. The van der Waals surface area contributed by atoms with E-state index in [1.165, 1.54) is 16.5 Å². The van der Waals surface area contributed by atoms with Gasteiger partial charge in [0.25, 0.3) is 0 Å². The van der Waals surface area contributed by atoms with Gasteiger partial charge in [0.2, 0.25) is 0 Å². The molecule has 47 heavy (non-hydrogen) atoms. The molecule has 0 aliphatic rings. The van der Waals surface area contributed by atoms with E-state index in [1.807, 2.05) is 24.3 Å². The van der Waals surface area contributed by atoms with Crippen molar-refractivity contribution in [3.8, 4) is 56.4 Å².